The van der Waals surface area contributed by atoms with Crippen molar-refractivity contribution in [2.24, 2.45) is 0 Å². The largest absolute Gasteiger partial charge is 0.454 e. The summed E-state index contributed by atoms with van der Waals surface area (Å²) in [5.41, 5.74) is -0.880. The molecule has 2 aliphatic heterocycles. The Bertz CT molecular complexity index is 610. The van der Waals surface area contributed by atoms with Gasteiger partial charge in [0.1, 0.15) is 12.1 Å². The number of carbonyl (C=O) groups excluding carboxylic acids is 5. The van der Waals surface area contributed by atoms with Crippen molar-refractivity contribution in [3.05, 3.63) is 0 Å². The van der Waals surface area contributed by atoms with E-state index in [1.807, 2.05) is 0 Å². The van der Waals surface area contributed by atoms with Gasteiger partial charge in [-0.1, -0.05) is 12.8 Å². The second-order valence-corrected chi connectivity index (χ2v) is 6.31. The first-order valence-corrected chi connectivity index (χ1v) is 8.06. The van der Waals surface area contributed by atoms with Gasteiger partial charge in [-0.15, -0.1) is 0 Å². The molecule has 0 aromatic rings. The first-order valence-electron chi connectivity index (χ1n) is 8.06. The lowest BCUT2D eigenvalue weighted by molar-refractivity contribution is -0.155. The molecule has 0 aromatic heterocycles. The molecule has 2 saturated heterocycles. The third-order valence-electron chi connectivity index (χ3n) is 4.72. The number of nitrogens with zero attached hydrogens (tertiary/aromatic N) is 2. The molecule has 3 rings (SSSR count). The highest BCUT2D eigenvalue weighted by Gasteiger charge is 2.52. The van der Waals surface area contributed by atoms with Crippen molar-refractivity contribution in [2.75, 3.05) is 19.7 Å². The van der Waals surface area contributed by atoms with Crippen molar-refractivity contribution in [3.8, 4) is 0 Å². The number of hydrogen-bond donors (Lipinski definition) is 1. The predicted octanol–water partition coefficient (Wildman–Crippen LogP) is -0.457. The van der Waals surface area contributed by atoms with Crippen LogP contribution in [0.3, 0.4) is 0 Å². The summed E-state index contributed by atoms with van der Waals surface area (Å²) in [6.07, 6.45) is 3.75. The van der Waals surface area contributed by atoms with E-state index in [1.54, 1.807) is 0 Å². The van der Waals surface area contributed by atoms with Crippen LogP contribution >= 0.6 is 0 Å². The molecule has 9 nitrogen and oxygen atoms in total. The van der Waals surface area contributed by atoms with Gasteiger partial charge in [0.25, 0.3) is 11.8 Å². The minimum absolute atomic E-state index is 0.284. The molecule has 1 spiro atoms. The van der Waals surface area contributed by atoms with Gasteiger partial charge >= 0.3 is 12.0 Å². The van der Waals surface area contributed by atoms with E-state index in [4.69, 9.17) is 4.74 Å². The van der Waals surface area contributed by atoms with Crippen LogP contribution in [0.4, 0.5) is 4.79 Å². The molecule has 0 radical (unpaired) electrons. The lowest BCUT2D eigenvalue weighted by Crippen LogP contribution is -2.44. The Morgan fingerprint density at radius 3 is 2.46 bits per heavy atom. The van der Waals surface area contributed by atoms with Crippen LogP contribution in [0.15, 0.2) is 0 Å². The number of esters is 1. The van der Waals surface area contributed by atoms with E-state index in [-0.39, 0.29) is 5.91 Å². The minimum Gasteiger partial charge on any atom is -0.454 e. The molecule has 1 saturated carbocycles. The average Bonchev–Trinajstić information content (AvgIpc) is 3.23. The molecule has 5 amide bonds. The van der Waals surface area contributed by atoms with Crippen LogP contribution in [0, 0.1) is 0 Å². The summed E-state index contributed by atoms with van der Waals surface area (Å²) in [7, 11) is 0. The van der Waals surface area contributed by atoms with Gasteiger partial charge in [-0.05, 0) is 19.3 Å². The fourth-order valence-electron chi connectivity index (χ4n) is 3.44. The van der Waals surface area contributed by atoms with Crippen molar-refractivity contribution in [2.45, 2.75) is 44.1 Å². The minimum atomic E-state index is -0.880. The van der Waals surface area contributed by atoms with Crippen molar-refractivity contribution >= 4 is 29.7 Å². The summed E-state index contributed by atoms with van der Waals surface area (Å²) < 4.78 is 4.82. The van der Waals surface area contributed by atoms with E-state index in [0.29, 0.717) is 32.2 Å². The Morgan fingerprint density at radius 1 is 1.12 bits per heavy atom. The molecular formula is C15H19N3O6. The number of likely N-dealkylation sites (tertiary alicyclic amines) is 1. The SMILES string of the molecule is O=C(CN1C(=O)NC2(CCCC2)C1=O)OCC(=O)N1CCCC1=O. The van der Waals surface area contributed by atoms with Gasteiger partial charge in [-0.2, -0.15) is 0 Å². The van der Waals surface area contributed by atoms with Crippen LogP contribution in [-0.4, -0.2) is 64.8 Å². The number of ether oxygens (including phenoxy) is 1. The third kappa shape index (κ3) is 2.85. The highest BCUT2D eigenvalue weighted by molar-refractivity contribution is 6.09. The maximum Gasteiger partial charge on any atom is 0.326 e. The molecule has 3 fully saturated rings. The zero-order chi connectivity index (χ0) is 17.3. The normalized spacial score (nSPS) is 22.4. The van der Waals surface area contributed by atoms with E-state index in [0.717, 1.165) is 22.6 Å². The maximum absolute atomic E-state index is 12.4. The summed E-state index contributed by atoms with van der Waals surface area (Å²) >= 11 is 0. The number of urea groups is 1. The first-order chi connectivity index (χ1) is 11.4. The molecule has 9 heteroatoms. The quantitative estimate of drug-likeness (QED) is 0.549. The van der Waals surface area contributed by atoms with Gasteiger partial charge in [0, 0.05) is 13.0 Å². The van der Waals surface area contributed by atoms with Crippen LogP contribution < -0.4 is 5.32 Å². The molecule has 1 aliphatic carbocycles. The van der Waals surface area contributed by atoms with Gasteiger partial charge in [-0.3, -0.25) is 29.0 Å². The first kappa shape index (κ1) is 16.4. The van der Waals surface area contributed by atoms with Crippen molar-refractivity contribution < 1.29 is 28.7 Å². The number of hydrogen-bond acceptors (Lipinski definition) is 6. The molecule has 0 aromatic carbocycles. The number of carbonyl (C=O) groups is 5. The summed E-state index contributed by atoms with van der Waals surface area (Å²) in [4.78, 5) is 61.3. The fraction of sp³-hybridized carbons (Fsp3) is 0.667. The zero-order valence-electron chi connectivity index (χ0n) is 13.2. The Kier molecular flexibility index (Phi) is 4.25. The molecule has 3 aliphatic rings. The van der Waals surface area contributed by atoms with Crippen LogP contribution in [0.5, 0.6) is 0 Å². The van der Waals surface area contributed by atoms with Crippen molar-refractivity contribution in [1.82, 2.24) is 15.1 Å². The van der Waals surface area contributed by atoms with Crippen LogP contribution in [-0.2, 0) is 23.9 Å². The summed E-state index contributed by atoms with van der Waals surface area (Å²) in [5, 5.41) is 2.66. The predicted molar refractivity (Wildman–Crippen MR) is 78.4 cm³/mol. The van der Waals surface area contributed by atoms with E-state index in [9.17, 15) is 24.0 Å². The van der Waals surface area contributed by atoms with E-state index < -0.39 is 42.5 Å². The molecule has 0 bridgehead atoms. The lowest BCUT2D eigenvalue weighted by atomic mass is 9.98. The van der Waals surface area contributed by atoms with Gasteiger partial charge in [0.15, 0.2) is 6.61 Å². The van der Waals surface area contributed by atoms with Gasteiger partial charge in [0.05, 0.1) is 0 Å². The lowest BCUT2D eigenvalue weighted by Gasteiger charge is -2.19. The fourth-order valence-corrected chi connectivity index (χ4v) is 3.44. The van der Waals surface area contributed by atoms with Crippen LogP contribution in [0.25, 0.3) is 0 Å². The molecule has 0 unspecified atom stereocenters. The van der Waals surface area contributed by atoms with Gasteiger partial charge in [0.2, 0.25) is 5.91 Å². The third-order valence-corrected chi connectivity index (χ3v) is 4.72. The zero-order valence-corrected chi connectivity index (χ0v) is 13.2. The monoisotopic (exact) mass is 337 g/mol. The highest BCUT2D eigenvalue weighted by atomic mass is 16.5. The number of imide groups is 2. The smallest absolute Gasteiger partial charge is 0.326 e. The Morgan fingerprint density at radius 2 is 1.83 bits per heavy atom. The van der Waals surface area contributed by atoms with Crippen LogP contribution in [0.2, 0.25) is 0 Å². The topological polar surface area (TPSA) is 113 Å². The molecular weight excluding hydrogens is 318 g/mol. The van der Waals surface area contributed by atoms with Crippen molar-refractivity contribution in [1.29, 1.82) is 0 Å². The second-order valence-electron chi connectivity index (χ2n) is 6.31. The molecule has 130 valence electrons. The Balaban J connectivity index is 1.51. The summed E-state index contributed by atoms with van der Waals surface area (Å²) in [6, 6.07) is -0.611. The van der Waals surface area contributed by atoms with Gasteiger partial charge < -0.3 is 10.1 Å². The number of rotatable bonds is 4. The van der Waals surface area contributed by atoms with Crippen LogP contribution in [0.1, 0.15) is 38.5 Å². The van der Waals surface area contributed by atoms with Crippen molar-refractivity contribution in [3.63, 3.8) is 0 Å². The molecule has 24 heavy (non-hydrogen) atoms. The number of amides is 5. The summed E-state index contributed by atoms with van der Waals surface area (Å²) in [5.74, 6) is -2.14. The molecule has 1 N–H and O–H groups in total. The van der Waals surface area contributed by atoms with Gasteiger partial charge in [-0.25, -0.2) is 4.79 Å². The molecule has 0 atom stereocenters. The second kappa shape index (κ2) is 6.21. The average molecular weight is 337 g/mol. The standard InChI is InChI=1S/C15H19N3O6/c19-10-4-3-7-17(10)11(20)9-24-12(21)8-18-13(22)15(16-14(18)23)5-1-2-6-15/h1-9H2,(H,16,23). The number of nitrogens with one attached hydrogen (secondary N) is 1. The maximum atomic E-state index is 12.4. The van der Waals surface area contributed by atoms with E-state index >= 15 is 0 Å². The Hall–Kier alpha value is -2.45. The van der Waals surface area contributed by atoms with E-state index in [1.165, 1.54) is 0 Å². The van der Waals surface area contributed by atoms with E-state index in [2.05, 4.69) is 5.32 Å². The highest BCUT2D eigenvalue weighted by Crippen LogP contribution is 2.34. The summed E-state index contributed by atoms with van der Waals surface area (Å²) in [6.45, 7) is -0.780. The Labute approximate surface area is 138 Å². The molecule has 2 heterocycles.